The van der Waals surface area contributed by atoms with Gasteiger partial charge in [0, 0.05) is 29.7 Å². The van der Waals surface area contributed by atoms with Gasteiger partial charge in [-0.15, -0.1) is 0 Å². The van der Waals surface area contributed by atoms with Gasteiger partial charge in [0.15, 0.2) is 0 Å². The molecule has 2 aromatic heterocycles. The molecule has 0 aliphatic heterocycles. The van der Waals surface area contributed by atoms with Crippen molar-refractivity contribution in [1.82, 2.24) is 9.55 Å². The van der Waals surface area contributed by atoms with Crippen LogP contribution in [-0.2, 0) is 0 Å². The molecule has 0 fully saturated rings. The van der Waals surface area contributed by atoms with Crippen molar-refractivity contribution in [3.63, 3.8) is 0 Å². The number of nitrogens with zero attached hydrogens (tertiary/aromatic N) is 3. The minimum atomic E-state index is -0.507. The van der Waals surface area contributed by atoms with Crippen molar-refractivity contribution in [2.24, 2.45) is 0 Å². The molecule has 0 saturated heterocycles. The van der Waals surface area contributed by atoms with Gasteiger partial charge in [0.2, 0.25) is 0 Å². The van der Waals surface area contributed by atoms with E-state index in [1.54, 1.807) is 13.2 Å². The lowest BCUT2D eigenvalue weighted by Crippen LogP contribution is -2.02. The summed E-state index contributed by atoms with van der Waals surface area (Å²) in [6.07, 6.45) is 5.29. The van der Waals surface area contributed by atoms with Crippen LogP contribution in [0.3, 0.4) is 0 Å². The molecule has 28 heavy (non-hydrogen) atoms. The Morgan fingerprint density at radius 1 is 1.21 bits per heavy atom. The molecule has 2 aromatic carbocycles. The number of rotatable bonds is 4. The van der Waals surface area contributed by atoms with E-state index in [0.29, 0.717) is 28.2 Å². The van der Waals surface area contributed by atoms with Crippen molar-refractivity contribution < 1.29 is 9.13 Å². The van der Waals surface area contributed by atoms with Crippen LogP contribution in [0.4, 0.5) is 15.8 Å². The van der Waals surface area contributed by atoms with Crippen LogP contribution in [0.15, 0.2) is 61.1 Å². The lowest BCUT2D eigenvalue weighted by atomic mass is 10.1. The van der Waals surface area contributed by atoms with Crippen LogP contribution in [0.2, 0.25) is 5.02 Å². The molecule has 0 spiro atoms. The number of aromatic nitrogens is 2. The van der Waals surface area contributed by atoms with Crippen LogP contribution in [-0.4, -0.2) is 16.7 Å². The third kappa shape index (κ3) is 3.02. The molecule has 0 radical (unpaired) electrons. The van der Waals surface area contributed by atoms with E-state index in [4.69, 9.17) is 16.3 Å². The third-order valence-electron chi connectivity index (χ3n) is 4.37. The van der Waals surface area contributed by atoms with Crippen LogP contribution >= 0.6 is 11.6 Å². The van der Waals surface area contributed by atoms with Gasteiger partial charge in [-0.05, 0) is 42.5 Å². The molecule has 1 N–H and O–H groups in total. The first kappa shape index (κ1) is 17.8. The number of benzene rings is 2. The molecular formula is C21H14ClFN4O. The molecule has 0 aliphatic rings. The number of pyridine rings is 1. The molecule has 0 atom stereocenters. The van der Waals surface area contributed by atoms with Crippen molar-refractivity contribution in [3.05, 3.63) is 77.5 Å². The average molecular weight is 393 g/mol. The fourth-order valence-corrected chi connectivity index (χ4v) is 3.25. The Labute approximate surface area is 165 Å². The zero-order valence-electron chi connectivity index (χ0n) is 14.8. The van der Waals surface area contributed by atoms with E-state index in [-0.39, 0.29) is 5.02 Å². The van der Waals surface area contributed by atoms with E-state index in [2.05, 4.69) is 16.4 Å². The van der Waals surface area contributed by atoms with Gasteiger partial charge in [0.25, 0.3) is 0 Å². The summed E-state index contributed by atoms with van der Waals surface area (Å²) in [7, 11) is 1.59. The molecule has 2 heterocycles. The zero-order chi connectivity index (χ0) is 19.7. The number of hydrogen-bond donors (Lipinski definition) is 1. The first-order chi connectivity index (χ1) is 13.6. The number of fused-ring (bicyclic) bond motifs is 1. The second kappa shape index (κ2) is 7.22. The number of anilines is 2. The highest BCUT2D eigenvalue weighted by atomic mass is 35.5. The van der Waals surface area contributed by atoms with Gasteiger partial charge in [-0.25, -0.2) is 4.39 Å². The van der Waals surface area contributed by atoms with Gasteiger partial charge in [0.1, 0.15) is 28.8 Å². The monoisotopic (exact) mass is 392 g/mol. The second-order valence-corrected chi connectivity index (χ2v) is 6.42. The summed E-state index contributed by atoms with van der Waals surface area (Å²) in [5, 5.41) is 13.5. The Morgan fingerprint density at radius 3 is 2.68 bits per heavy atom. The normalized spacial score (nSPS) is 10.6. The van der Waals surface area contributed by atoms with Crippen LogP contribution in [0.1, 0.15) is 5.56 Å². The molecule has 4 aromatic rings. The molecule has 0 bridgehead atoms. The lowest BCUT2D eigenvalue weighted by Gasteiger charge is -2.16. The number of nitriles is 1. The molecule has 0 aliphatic carbocycles. The number of methoxy groups -OCH3 is 1. The quantitative estimate of drug-likeness (QED) is 0.502. The fourth-order valence-electron chi connectivity index (χ4n) is 3.07. The number of halogens is 2. The summed E-state index contributed by atoms with van der Waals surface area (Å²) >= 11 is 5.89. The predicted octanol–water partition coefficient (Wildman–Crippen LogP) is 5.44. The van der Waals surface area contributed by atoms with Crippen molar-refractivity contribution in [3.8, 4) is 17.5 Å². The minimum Gasteiger partial charge on any atom is -0.494 e. The molecule has 0 unspecified atom stereocenters. The van der Waals surface area contributed by atoms with Crippen LogP contribution in [0.5, 0.6) is 5.75 Å². The first-order valence-corrected chi connectivity index (χ1v) is 8.75. The maximum Gasteiger partial charge on any atom is 0.145 e. The maximum absolute atomic E-state index is 13.5. The van der Waals surface area contributed by atoms with Crippen molar-refractivity contribution in [2.75, 3.05) is 12.4 Å². The highest BCUT2D eigenvalue weighted by molar-refractivity contribution is 6.31. The summed E-state index contributed by atoms with van der Waals surface area (Å²) < 4.78 is 20.9. The molecule has 5 nitrogen and oxygen atoms in total. The van der Waals surface area contributed by atoms with Gasteiger partial charge in [0.05, 0.1) is 23.4 Å². The predicted molar refractivity (Wildman–Crippen MR) is 107 cm³/mol. The Bertz CT molecular complexity index is 1220. The van der Waals surface area contributed by atoms with Gasteiger partial charge >= 0.3 is 0 Å². The molecule has 0 amide bonds. The number of hydrogen-bond acceptors (Lipinski definition) is 4. The lowest BCUT2D eigenvalue weighted by molar-refractivity contribution is 0.413. The highest BCUT2D eigenvalue weighted by Crippen LogP contribution is 2.36. The Balaban J connectivity index is 1.96. The standard InChI is InChI=1S/C21H14ClFN4O/c1-28-18-7-5-15-19(26-14-4-6-17(23)16(22)10-14)13(11-24)12-25-20(15)21(18)27-8-2-3-9-27/h2-10,12H,1H3,(H,25,26). The summed E-state index contributed by atoms with van der Waals surface area (Å²) in [5.74, 6) is 0.142. The van der Waals surface area contributed by atoms with E-state index in [1.807, 2.05) is 41.2 Å². The number of nitrogens with one attached hydrogen (secondary N) is 1. The van der Waals surface area contributed by atoms with E-state index < -0.39 is 5.82 Å². The second-order valence-electron chi connectivity index (χ2n) is 6.02. The van der Waals surface area contributed by atoms with Crippen LogP contribution in [0, 0.1) is 17.1 Å². The van der Waals surface area contributed by atoms with Crippen LogP contribution in [0.25, 0.3) is 16.6 Å². The number of ether oxygens (including phenoxy) is 1. The minimum absolute atomic E-state index is 0.00318. The summed E-state index contributed by atoms with van der Waals surface area (Å²) in [6, 6.07) is 13.9. The van der Waals surface area contributed by atoms with Gasteiger partial charge in [-0.1, -0.05) is 11.6 Å². The van der Waals surface area contributed by atoms with E-state index in [1.165, 1.54) is 18.3 Å². The van der Waals surface area contributed by atoms with Crippen LogP contribution < -0.4 is 10.1 Å². The smallest absolute Gasteiger partial charge is 0.145 e. The summed E-state index contributed by atoms with van der Waals surface area (Å²) in [6.45, 7) is 0. The highest BCUT2D eigenvalue weighted by Gasteiger charge is 2.17. The summed E-state index contributed by atoms with van der Waals surface area (Å²) in [5.41, 5.74) is 2.90. The average Bonchev–Trinajstić information content (AvgIpc) is 3.24. The van der Waals surface area contributed by atoms with Gasteiger partial charge < -0.3 is 14.6 Å². The zero-order valence-corrected chi connectivity index (χ0v) is 15.5. The molecule has 4 rings (SSSR count). The van der Waals surface area contributed by atoms with Crippen molar-refractivity contribution in [1.29, 1.82) is 5.26 Å². The van der Waals surface area contributed by atoms with Crippen molar-refractivity contribution >= 4 is 33.9 Å². The Hall–Kier alpha value is -3.56. The Kier molecular flexibility index (Phi) is 4.60. The van der Waals surface area contributed by atoms with E-state index in [9.17, 15) is 9.65 Å². The summed E-state index contributed by atoms with van der Waals surface area (Å²) in [4.78, 5) is 4.50. The van der Waals surface area contributed by atoms with Crippen molar-refractivity contribution in [2.45, 2.75) is 0 Å². The SMILES string of the molecule is COc1ccc2c(Nc3ccc(F)c(Cl)c3)c(C#N)cnc2c1-n1cccc1. The largest absolute Gasteiger partial charge is 0.494 e. The van der Waals surface area contributed by atoms with Gasteiger partial charge in [-0.3, -0.25) is 4.98 Å². The van der Waals surface area contributed by atoms with Gasteiger partial charge in [-0.2, -0.15) is 5.26 Å². The molecule has 7 heteroatoms. The Morgan fingerprint density at radius 2 is 2.00 bits per heavy atom. The first-order valence-electron chi connectivity index (χ1n) is 8.37. The molecule has 138 valence electrons. The topological polar surface area (TPSA) is 62.9 Å². The maximum atomic E-state index is 13.5. The third-order valence-corrected chi connectivity index (χ3v) is 4.66. The van der Waals surface area contributed by atoms with E-state index in [0.717, 1.165) is 11.1 Å². The molecular weight excluding hydrogens is 379 g/mol. The fraction of sp³-hybridized carbons (Fsp3) is 0.0476. The molecule has 0 saturated carbocycles. The van der Waals surface area contributed by atoms with E-state index >= 15 is 0 Å².